The van der Waals surface area contributed by atoms with Gasteiger partial charge in [0, 0.05) is 6.04 Å². The van der Waals surface area contributed by atoms with Crippen molar-refractivity contribution in [2.75, 3.05) is 13.4 Å². The normalized spacial score (nSPS) is 15.0. The first-order chi connectivity index (χ1) is 13.3. The Morgan fingerprint density at radius 3 is 2.34 bits per heavy atom. The van der Waals surface area contributed by atoms with E-state index in [-0.39, 0.29) is 13.2 Å². The predicted molar refractivity (Wildman–Crippen MR) is 85.3 cm³/mol. The number of amides is 1. The molecular weight excluding hydrogens is 412 g/mol. The summed E-state index contributed by atoms with van der Waals surface area (Å²) in [5.74, 6) is -22.8. The third-order valence-electron chi connectivity index (χ3n) is 3.96. The average Bonchev–Trinajstić information content (AvgIpc) is 3.09. The van der Waals surface area contributed by atoms with Gasteiger partial charge in [-0.1, -0.05) is 6.07 Å². The molecule has 1 heterocycles. The second-order valence-electron chi connectivity index (χ2n) is 6.21. The lowest BCUT2D eigenvalue weighted by Crippen LogP contribution is -2.64. The van der Waals surface area contributed by atoms with Crippen molar-refractivity contribution >= 4 is 11.9 Å². The predicted octanol–water partition coefficient (Wildman–Crippen LogP) is 2.93. The number of ether oxygens (including phenoxy) is 3. The van der Waals surface area contributed by atoms with Crippen LogP contribution in [-0.4, -0.2) is 49.1 Å². The zero-order valence-corrected chi connectivity index (χ0v) is 15.2. The second kappa shape index (κ2) is 7.99. The Morgan fingerprint density at radius 1 is 1.10 bits per heavy atom. The molecule has 0 spiro atoms. The molecule has 29 heavy (non-hydrogen) atoms. The molecule has 12 heteroatoms. The van der Waals surface area contributed by atoms with Crippen LogP contribution in [0.5, 0.6) is 11.5 Å². The van der Waals surface area contributed by atoms with E-state index < -0.39 is 42.3 Å². The Bertz CT molecular complexity index is 786. The summed E-state index contributed by atoms with van der Waals surface area (Å²) in [7, 11) is 0. The van der Waals surface area contributed by atoms with Crippen molar-refractivity contribution in [3.8, 4) is 11.5 Å². The van der Waals surface area contributed by atoms with E-state index in [4.69, 9.17) is 9.47 Å². The maximum atomic E-state index is 13.9. The summed E-state index contributed by atoms with van der Waals surface area (Å²) in [4.78, 5) is 22.7. The van der Waals surface area contributed by atoms with E-state index in [2.05, 4.69) is 4.74 Å². The smallest absolute Gasteiger partial charge is 0.411 e. The molecule has 1 aromatic rings. The standard InChI is InChI=1S/C17H17F6NO5/c1-3-27-14(26)16(20,21)17(22,23)15(18,19)13(25)24-9(2)6-10-4-5-11-12(7-10)29-8-28-11/h4-5,7,9H,3,6,8H2,1-2H3,(H,24,25). The van der Waals surface area contributed by atoms with Crippen molar-refractivity contribution in [1.29, 1.82) is 0 Å². The number of hydrogen-bond acceptors (Lipinski definition) is 5. The summed E-state index contributed by atoms with van der Waals surface area (Å²) in [5.41, 5.74) is 0.481. The van der Waals surface area contributed by atoms with E-state index in [1.165, 1.54) is 25.1 Å². The number of carbonyl (C=O) groups is 2. The molecule has 0 radical (unpaired) electrons. The second-order valence-corrected chi connectivity index (χ2v) is 6.21. The molecule has 1 aliphatic heterocycles. The van der Waals surface area contributed by atoms with E-state index >= 15 is 0 Å². The van der Waals surface area contributed by atoms with Crippen LogP contribution in [0.3, 0.4) is 0 Å². The highest BCUT2D eigenvalue weighted by molar-refractivity contribution is 5.88. The zero-order valence-electron chi connectivity index (χ0n) is 15.2. The van der Waals surface area contributed by atoms with Gasteiger partial charge in [0.1, 0.15) is 0 Å². The summed E-state index contributed by atoms with van der Waals surface area (Å²) in [6.45, 7) is 1.48. The average molecular weight is 429 g/mol. The Hall–Kier alpha value is -2.66. The lowest BCUT2D eigenvalue weighted by Gasteiger charge is -2.31. The number of esters is 1. The molecule has 0 aromatic heterocycles. The zero-order chi connectivity index (χ0) is 22.0. The molecule has 162 valence electrons. The molecule has 2 rings (SSSR count). The topological polar surface area (TPSA) is 73.9 Å². The Kier molecular flexibility index (Phi) is 6.24. The summed E-state index contributed by atoms with van der Waals surface area (Å²) in [5, 5.41) is 1.56. The quantitative estimate of drug-likeness (QED) is 0.508. The van der Waals surface area contributed by atoms with Gasteiger partial charge >= 0.3 is 23.7 Å². The molecule has 0 saturated carbocycles. The summed E-state index contributed by atoms with van der Waals surface area (Å²) in [6, 6.07) is 3.40. The molecule has 1 amide bonds. The van der Waals surface area contributed by atoms with Gasteiger partial charge in [-0.2, -0.15) is 26.3 Å². The highest BCUT2D eigenvalue weighted by Gasteiger charge is 2.78. The van der Waals surface area contributed by atoms with Crippen LogP contribution in [0, 0.1) is 0 Å². The molecular formula is C17H17F6NO5. The van der Waals surface area contributed by atoms with Gasteiger partial charge in [0.05, 0.1) is 6.61 Å². The van der Waals surface area contributed by atoms with Crippen molar-refractivity contribution in [3.05, 3.63) is 23.8 Å². The van der Waals surface area contributed by atoms with E-state index in [1.54, 1.807) is 5.32 Å². The van der Waals surface area contributed by atoms with Crippen LogP contribution in [0.1, 0.15) is 19.4 Å². The van der Waals surface area contributed by atoms with E-state index in [9.17, 15) is 35.9 Å². The lowest BCUT2D eigenvalue weighted by atomic mass is 10.0. The number of halogens is 6. The van der Waals surface area contributed by atoms with Crippen molar-refractivity contribution in [2.45, 2.75) is 44.1 Å². The number of benzene rings is 1. The summed E-state index contributed by atoms with van der Waals surface area (Å²) in [6.07, 6.45) is -0.0989. The molecule has 1 N–H and O–H groups in total. The van der Waals surface area contributed by atoms with Crippen LogP contribution in [0.2, 0.25) is 0 Å². The van der Waals surface area contributed by atoms with Crippen LogP contribution in [0.15, 0.2) is 18.2 Å². The number of nitrogens with one attached hydrogen (secondary N) is 1. The molecule has 1 aromatic carbocycles. The minimum absolute atomic E-state index is 0.0128. The third kappa shape index (κ3) is 4.20. The van der Waals surface area contributed by atoms with Gasteiger partial charge in [-0.15, -0.1) is 0 Å². The number of carbonyl (C=O) groups excluding carboxylic acids is 2. The van der Waals surface area contributed by atoms with E-state index in [1.807, 2.05) is 0 Å². The van der Waals surface area contributed by atoms with Gasteiger partial charge in [-0.05, 0) is 38.0 Å². The van der Waals surface area contributed by atoms with Crippen molar-refractivity contribution in [1.82, 2.24) is 5.32 Å². The molecule has 0 bridgehead atoms. The molecule has 1 aliphatic rings. The van der Waals surface area contributed by atoms with E-state index in [0.717, 1.165) is 6.92 Å². The largest absolute Gasteiger partial charge is 0.461 e. The first-order valence-corrected chi connectivity index (χ1v) is 8.34. The number of alkyl halides is 6. The molecule has 6 nitrogen and oxygen atoms in total. The molecule has 1 atom stereocenters. The minimum Gasteiger partial charge on any atom is -0.461 e. The van der Waals surface area contributed by atoms with Crippen LogP contribution < -0.4 is 14.8 Å². The fraction of sp³-hybridized carbons (Fsp3) is 0.529. The van der Waals surface area contributed by atoms with Crippen molar-refractivity contribution in [3.63, 3.8) is 0 Å². The molecule has 0 fully saturated rings. The third-order valence-corrected chi connectivity index (χ3v) is 3.96. The number of rotatable bonds is 8. The highest BCUT2D eigenvalue weighted by atomic mass is 19.3. The fourth-order valence-electron chi connectivity index (χ4n) is 2.48. The highest BCUT2D eigenvalue weighted by Crippen LogP contribution is 2.46. The van der Waals surface area contributed by atoms with Gasteiger partial charge in [0.15, 0.2) is 11.5 Å². The van der Waals surface area contributed by atoms with Gasteiger partial charge < -0.3 is 19.5 Å². The Labute approximate surface area is 161 Å². The fourth-order valence-corrected chi connectivity index (χ4v) is 2.48. The van der Waals surface area contributed by atoms with Crippen LogP contribution in [0.4, 0.5) is 26.3 Å². The van der Waals surface area contributed by atoms with E-state index in [0.29, 0.717) is 17.1 Å². The summed E-state index contributed by atoms with van der Waals surface area (Å²) < 4.78 is 96.2. The Balaban J connectivity index is 2.09. The number of fused-ring (bicyclic) bond motifs is 1. The van der Waals surface area contributed by atoms with Crippen molar-refractivity contribution in [2.24, 2.45) is 0 Å². The van der Waals surface area contributed by atoms with Crippen LogP contribution in [-0.2, 0) is 20.7 Å². The monoisotopic (exact) mass is 429 g/mol. The molecule has 1 unspecified atom stereocenters. The van der Waals surface area contributed by atoms with Gasteiger partial charge in [-0.25, -0.2) is 4.79 Å². The summed E-state index contributed by atoms with van der Waals surface area (Å²) >= 11 is 0. The maximum absolute atomic E-state index is 13.9. The molecule has 0 aliphatic carbocycles. The Morgan fingerprint density at radius 2 is 1.72 bits per heavy atom. The van der Waals surface area contributed by atoms with Gasteiger partial charge in [0.2, 0.25) is 6.79 Å². The minimum atomic E-state index is -6.31. The molecule has 0 saturated heterocycles. The lowest BCUT2D eigenvalue weighted by molar-refractivity contribution is -0.294. The van der Waals surface area contributed by atoms with Crippen molar-refractivity contribution < 1.29 is 50.1 Å². The first kappa shape index (κ1) is 22.6. The maximum Gasteiger partial charge on any atom is 0.411 e. The first-order valence-electron chi connectivity index (χ1n) is 8.34. The van der Waals surface area contributed by atoms with Crippen LogP contribution >= 0.6 is 0 Å². The SMILES string of the molecule is CCOC(=O)C(F)(F)C(F)(F)C(F)(F)C(=O)NC(C)Cc1ccc2c(c1)OCO2. The van der Waals surface area contributed by atoms with Gasteiger partial charge in [-0.3, -0.25) is 4.79 Å². The van der Waals surface area contributed by atoms with Crippen LogP contribution in [0.25, 0.3) is 0 Å². The van der Waals surface area contributed by atoms with Gasteiger partial charge in [0.25, 0.3) is 5.91 Å². The number of hydrogen-bond donors (Lipinski definition) is 1.